The summed E-state index contributed by atoms with van der Waals surface area (Å²) in [6, 6.07) is 17.7. The molecule has 0 spiro atoms. The maximum absolute atomic E-state index is 13.2. The van der Waals surface area contributed by atoms with Gasteiger partial charge in [-0.1, -0.05) is 24.3 Å². The van der Waals surface area contributed by atoms with Gasteiger partial charge in [-0.2, -0.15) is 5.26 Å². The highest BCUT2D eigenvalue weighted by Crippen LogP contribution is 2.31. The largest absolute Gasteiger partial charge is 0.268 e. The zero-order chi connectivity index (χ0) is 22.8. The molecule has 0 unspecified atom stereocenters. The van der Waals surface area contributed by atoms with Gasteiger partial charge < -0.3 is 0 Å². The lowest BCUT2D eigenvalue weighted by Crippen LogP contribution is -2.26. The third kappa shape index (κ3) is 4.01. The molecular weight excluding hydrogens is 448 g/mol. The zero-order valence-corrected chi connectivity index (χ0v) is 18.3. The highest BCUT2D eigenvalue weighted by molar-refractivity contribution is 7.91. The quantitative estimate of drug-likeness (QED) is 0.447. The average molecular weight is 467 g/mol. The summed E-state index contributed by atoms with van der Waals surface area (Å²) in [6.07, 6.45) is 4.71. The van der Waals surface area contributed by atoms with Crippen LogP contribution in [0, 0.1) is 11.3 Å². The van der Waals surface area contributed by atoms with Crippen LogP contribution in [0.2, 0.25) is 0 Å². The number of nitrogens with one attached hydrogen (secondary N) is 1. The summed E-state index contributed by atoms with van der Waals surface area (Å²) in [5, 5.41) is 9.61. The highest BCUT2D eigenvalue weighted by Gasteiger charge is 2.28. The molecule has 0 saturated heterocycles. The highest BCUT2D eigenvalue weighted by atomic mass is 32.2. The summed E-state index contributed by atoms with van der Waals surface area (Å²) in [4.78, 5) is 3.67. The predicted molar refractivity (Wildman–Crippen MR) is 119 cm³/mol. The smallest absolute Gasteiger partial charge is 0.265 e. The molecule has 2 heterocycles. The number of hydrogen-bond acceptors (Lipinski definition) is 6. The van der Waals surface area contributed by atoms with E-state index in [1.54, 1.807) is 42.7 Å². The van der Waals surface area contributed by atoms with Gasteiger partial charge in [-0.15, -0.1) is 0 Å². The molecule has 8 nitrogen and oxygen atoms in total. The Morgan fingerprint density at radius 2 is 1.66 bits per heavy atom. The van der Waals surface area contributed by atoms with Crippen LogP contribution in [0.4, 0.5) is 0 Å². The standard InChI is InChI=1S/C22H18N4O4S2/c23-15-18-5-4-8-20-22(18)21(16-26(20)32(29,30)19-6-2-1-3-7-19)31(27,28)25-14-11-17-9-12-24-13-10-17/h1-10,12-13,16,25H,11,14H2. The third-order valence-electron chi connectivity index (χ3n) is 4.93. The summed E-state index contributed by atoms with van der Waals surface area (Å²) < 4.78 is 56.2. The molecule has 1 N–H and O–H groups in total. The van der Waals surface area contributed by atoms with E-state index in [-0.39, 0.29) is 32.8 Å². The SMILES string of the molecule is N#Cc1cccc2c1c(S(=O)(=O)NCCc1ccncc1)cn2S(=O)(=O)c1ccccc1. The Balaban J connectivity index is 1.80. The number of rotatable bonds is 7. The van der Waals surface area contributed by atoms with Crippen LogP contribution in [0.15, 0.2) is 89.0 Å². The van der Waals surface area contributed by atoms with Crippen molar-refractivity contribution < 1.29 is 16.8 Å². The van der Waals surface area contributed by atoms with E-state index in [4.69, 9.17) is 0 Å². The van der Waals surface area contributed by atoms with Crippen molar-refractivity contribution in [3.8, 4) is 6.07 Å². The van der Waals surface area contributed by atoms with E-state index in [1.165, 1.54) is 30.3 Å². The van der Waals surface area contributed by atoms with Crippen LogP contribution in [0.1, 0.15) is 11.1 Å². The van der Waals surface area contributed by atoms with Crippen molar-refractivity contribution in [3.63, 3.8) is 0 Å². The second-order valence-corrected chi connectivity index (χ2v) is 10.5. The molecule has 0 bridgehead atoms. The molecule has 0 saturated carbocycles. The summed E-state index contributed by atoms with van der Waals surface area (Å²) in [6.45, 7) is 0.0964. The fraction of sp³-hybridized carbons (Fsp3) is 0.0909. The van der Waals surface area contributed by atoms with Crippen LogP contribution < -0.4 is 4.72 Å². The number of benzene rings is 2. The van der Waals surface area contributed by atoms with Gasteiger partial charge in [0.2, 0.25) is 10.0 Å². The van der Waals surface area contributed by atoms with Gasteiger partial charge in [0.25, 0.3) is 10.0 Å². The average Bonchev–Trinajstić information content (AvgIpc) is 3.22. The summed E-state index contributed by atoms with van der Waals surface area (Å²) in [5.74, 6) is 0. The lowest BCUT2D eigenvalue weighted by Gasteiger charge is -2.07. The molecule has 0 radical (unpaired) electrons. The lowest BCUT2D eigenvalue weighted by molar-refractivity contribution is 0.582. The van der Waals surface area contributed by atoms with E-state index < -0.39 is 20.0 Å². The minimum Gasteiger partial charge on any atom is -0.265 e. The number of nitriles is 1. The topological polar surface area (TPSA) is 122 Å². The maximum atomic E-state index is 13.2. The Labute approximate surface area is 185 Å². The van der Waals surface area contributed by atoms with E-state index in [9.17, 15) is 22.1 Å². The van der Waals surface area contributed by atoms with Crippen molar-refractivity contribution in [1.82, 2.24) is 13.7 Å². The van der Waals surface area contributed by atoms with Crippen molar-refractivity contribution in [3.05, 3.63) is 90.4 Å². The van der Waals surface area contributed by atoms with Gasteiger partial charge in [0, 0.05) is 30.5 Å². The minimum atomic E-state index is -4.11. The number of hydrogen-bond donors (Lipinski definition) is 1. The first-order chi connectivity index (χ1) is 15.3. The van der Waals surface area contributed by atoms with Gasteiger partial charge in [-0.25, -0.2) is 25.5 Å². The van der Waals surface area contributed by atoms with E-state index >= 15 is 0 Å². The summed E-state index contributed by atoms with van der Waals surface area (Å²) in [5.41, 5.74) is 1.08. The third-order valence-corrected chi connectivity index (χ3v) is 8.09. The molecule has 2 aromatic carbocycles. The van der Waals surface area contributed by atoms with Crippen LogP contribution in [0.5, 0.6) is 0 Å². The second kappa shape index (κ2) is 8.55. The van der Waals surface area contributed by atoms with E-state index in [0.29, 0.717) is 6.42 Å². The molecule has 0 atom stereocenters. The van der Waals surface area contributed by atoms with Crippen LogP contribution in [0.3, 0.4) is 0 Å². The molecular formula is C22H18N4O4S2. The van der Waals surface area contributed by atoms with Gasteiger partial charge in [-0.3, -0.25) is 4.98 Å². The molecule has 0 aliphatic rings. The number of nitrogens with zero attached hydrogens (tertiary/aromatic N) is 3. The van der Waals surface area contributed by atoms with Crippen LogP contribution in [-0.2, 0) is 26.5 Å². The first-order valence-corrected chi connectivity index (χ1v) is 12.5. The molecule has 4 rings (SSSR count). The van der Waals surface area contributed by atoms with Gasteiger partial charge in [0.15, 0.2) is 0 Å². The monoisotopic (exact) mass is 466 g/mol. The molecule has 0 aliphatic carbocycles. The van der Waals surface area contributed by atoms with Crippen molar-refractivity contribution in [2.45, 2.75) is 16.2 Å². The van der Waals surface area contributed by atoms with E-state index in [2.05, 4.69) is 9.71 Å². The maximum Gasteiger partial charge on any atom is 0.268 e. The number of pyridine rings is 1. The van der Waals surface area contributed by atoms with Crippen LogP contribution in [0.25, 0.3) is 10.9 Å². The molecule has 2 aromatic heterocycles. The molecule has 32 heavy (non-hydrogen) atoms. The fourth-order valence-corrected chi connectivity index (χ4v) is 6.09. The number of sulfonamides is 1. The Hall–Kier alpha value is -3.52. The Morgan fingerprint density at radius 1 is 0.938 bits per heavy atom. The molecule has 10 heteroatoms. The van der Waals surface area contributed by atoms with Crippen LogP contribution >= 0.6 is 0 Å². The van der Waals surface area contributed by atoms with Crippen molar-refractivity contribution >= 4 is 30.9 Å². The normalized spacial score (nSPS) is 12.0. The van der Waals surface area contributed by atoms with Gasteiger partial charge >= 0.3 is 0 Å². The number of fused-ring (bicyclic) bond motifs is 1. The van der Waals surface area contributed by atoms with Crippen molar-refractivity contribution in [2.75, 3.05) is 6.54 Å². The zero-order valence-electron chi connectivity index (χ0n) is 16.7. The predicted octanol–water partition coefficient (Wildman–Crippen LogP) is 2.67. The molecule has 0 amide bonds. The van der Waals surface area contributed by atoms with Crippen molar-refractivity contribution in [1.29, 1.82) is 5.26 Å². The van der Waals surface area contributed by atoms with Gasteiger partial charge in [-0.05, 0) is 48.4 Å². The Morgan fingerprint density at radius 3 is 2.34 bits per heavy atom. The Kier molecular flexibility index (Phi) is 5.80. The fourth-order valence-electron chi connectivity index (χ4n) is 3.38. The molecule has 0 aliphatic heterocycles. The summed E-state index contributed by atoms with van der Waals surface area (Å²) in [7, 11) is -8.20. The molecule has 4 aromatic rings. The number of aromatic nitrogens is 2. The molecule has 0 fully saturated rings. The lowest BCUT2D eigenvalue weighted by atomic mass is 10.1. The van der Waals surface area contributed by atoms with E-state index in [0.717, 1.165) is 15.7 Å². The minimum absolute atomic E-state index is 0.00820. The van der Waals surface area contributed by atoms with Crippen molar-refractivity contribution in [2.24, 2.45) is 0 Å². The summed E-state index contributed by atoms with van der Waals surface area (Å²) >= 11 is 0. The van der Waals surface area contributed by atoms with E-state index in [1.807, 2.05) is 6.07 Å². The second-order valence-electron chi connectivity index (χ2n) is 6.92. The first-order valence-electron chi connectivity index (χ1n) is 9.58. The van der Waals surface area contributed by atoms with Crippen LogP contribution in [-0.4, -0.2) is 32.3 Å². The van der Waals surface area contributed by atoms with Gasteiger partial charge in [0.05, 0.1) is 22.0 Å². The van der Waals surface area contributed by atoms with Gasteiger partial charge in [0.1, 0.15) is 4.90 Å². The Bertz CT molecular complexity index is 1520. The molecule has 162 valence electrons. The first kappa shape index (κ1) is 21.7.